The summed E-state index contributed by atoms with van der Waals surface area (Å²) in [5, 5.41) is 4.76. The third-order valence-electron chi connectivity index (χ3n) is 13.4. The molecule has 0 saturated carbocycles. The molecule has 12 aromatic rings. The number of nitrogens with zero attached hydrogens (tertiary/aromatic N) is 2. The van der Waals surface area contributed by atoms with Crippen molar-refractivity contribution in [3.8, 4) is 67.3 Å². The van der Waals surface area contributed by atoms with Gasteiger partial charge in [-0.15, -0.1) is 11.3 Å². The summed E-state index contributed by atoms with van der Waals surface area (Å²) >= 11 is 1.85. The van der Waals surface area contributed by atoms with E-state index in [1.165, 1.54) is 53.6 Å². The zero-order valence-corrected chi connectivity index (χ0v) is 35.7. The van der Waals surface area contributed by atoms with Crippen LogP contribution in [-0.4, -0.2) is 9.97 Å². The van der Waals surface area contributed by atoms with Gasteiger partial charge in [0.1, 0.15) is 11.2 Å². The molecule has 3 nitrogen and oxygen atoms in total. The van der Waals surface area contributed by atoms with Crippen LogP contribution in [-0.2, 0) is 5.41 Å². The van der Waals surface area contributed by atoms with Gasteiger partial charge in [0.05, 0.1) is 11.4 Å². The van der Waals surface area contributed by atoms with Crippen molar-refractivity contribution in [2.75, 3.05) is 0 Å². The van der Waals surface area contributed by atoms with Crippen LogP contribution in [0.25, 0.3) is 109 Å². The second kappa shape index (κ2) is 14.3. The molecule has 1 aliphatic rings. The Morgan fingerprint density at radius 2 is 1.02 bits per heavy atom. The van der Waals surface area contributed by atoms with Crippen LogP contribution in [0, 0.1) is 0 Å². The molecule has 1 unspecified atom stereocenters. The van der Waals surface area contributed by atoms with E-state index in [-0.39, 0.29) is 5.41 Å². The van der Waals surface area contributed by atoms with Crippen molar-refractivity contribution in [3.63, 3.8) is 0 Å². The number of aromatic nitrogens is 2. The van der Waals surface area contributed by atoms with Gasteiger partial charge in [-0.1, -0.05) is 170 Å². The first kappa shape index (κ1) is 36.7. The molecule has 0 aliphatic heterocycles. The predicted molar refractivity (Wildman–Crippen MR) is 267 cm³/mol. The van der Waals surface area contributed by atoms with Crippen LogP contribution in [0.4, 0.5) is 0 Å². The fourth-order valence-corrected chi connectivity index (χ4v) is 11.5. The van der Waals surface area contributed by atoms with Crippen molar-refractivity contribution in [1.82, 2.24) is 9.97 Å². The largest absolute Gasteiger partial charge is 0.455 e. The van der Waals surface area contributed by atoms with Gasteiger partial charge in [-0.3, -0.25) is 0 Å². The maximum Gasteiger partial charge on any atom is 0.160 e. The van der Waals surface area contributed by atoms with E-state index in [2.05, 4.69) is 207 Å². The van der Waals surface area contributed by atoms with Gasteiger partial charge < -0.3 is 4.42 Å². The lowest BCUT2D eigenvalue weighted by molar-refractivity contribution is 0.670. The highest BCUT2D eigenvalue weighted by molar-refractivity contribution is 7.26. The maximum atomic E-state index is 6.68. The first-order valence-corrected chi connectivity index (χ1v) is 22.6. The SMILES string of the molecule is CC1(c2ccccc2)c2ccccc2-c2ccc(-c3cc(-c4cc(-c5cccc6c5oc5ccccc56)cc(-c5cccc6c5sc5ccccc56)c4)nc(-c4ccccc4)n3)cc21. The highest BCUT2D eigenvalue weighted by Gasteiger charge is 2.40. The standard InChI is InChI=1S/C60H38N2OS/c1-60(42-18-6-3-7-19-42)51-27-11-8-20-45(51)46-31-30-38(35-52(46)60)53-36-54(62-59(61-53)37-16-4-2-5-17-37)41-33-39(43-23-14-25-49-47-21-9-12-28-55(47)63-57(43)49)32-40(34-41)44-24-15-26-50-48-22-10-13-29-56(48)64-58(44)50/h2-36H,1H3. The topological polar surface area (TPSA) is 38.9 Å². The molecule has 0 N–H and O–H groups in total. The van der Waals surface area contributed by atoms with E-state index in [4.69, 9.17) is 14.4 Å². The first-order valence-electron chi connectivity index (χ1n) is 21.8. The molecule has 3 aromatic heterocycles. The van der Waals surface area contributed by atoms with Gasteiger partial charge in [-0.25, -0.2) is 9.97 Å². The zero-order chi connectivity index (χ0) is 42.4. The van der Waals surface area contributed by atoms with Gasteiger partial charge in [0.15, 0.2) is 5.82 Å². The molecule has 0 bridgehead atoms. The third-order valence-corrected chi connectivity index (χ3v) is 14.6. The minimum Gasteiger partial charge on any atom is -0.455 e. The molecule has 0 fully saturated rings. The van der Waals surface area contributed by atoms with Gasteiger partial charge in [0, 0.05) is 58.6 Å². The number of rotatable bonds is 6. The van der Waals surface area contributed by atoms with Crippen LogP contribution in [0.5, 0.6) is 0 Å². The number of furan rings is 1. The van der Waals surface area contributed by atoms with Gasteiger partial charge in [0.25, 0.3) is 0 Å². The molecule has 300 valence electrons. The van der Waals surface area contributed by atoms with E-state index in [0.717, 1.165) is 66.7 Å². The first-order chi connectivity index (χ1) is 31.6. The smallest absolute Gasteiger partial charge is 0.160 e. The zero-order valence-electron chi connectivity index (χ0n) is 34.9. The number of hydrogen-bond acceptors (Lipinski definition) is 4. The molecule has 1 aliphatic carbocycles. The maximum absolute atomic E-state index is 6.68. The van der Waals surface area contributed by atoms with Crippen LogP contribution >= 0.6 is 11.3 Å². The summed E-state index contributed by atoms with van der Waals surface area (Å²) in [7, 11) is 0. The average Bonchev–Trinajstić information content (AvgIpc) is 4.02. The lowest BCUT2D eigenvalue weighted by atomic mass is 9.74. The number of hydrogen-bond donors (Lipinski definition) is 0. The lowest BCUT2D eigenvalue weighted by Crippen LogP contribution is -2.22. The number of thiophene rings is 1. The fraction of sp³-hybridized carbons (Fsp3) is 0.0333. The summed E-state index contributed by atoms with van der Waals surface area (Å²) in [6.07, 6.45) is 0. The Balaban J connectivity index is 1.05. The Hall–Kier alpha value is -7.92. The number of benzene rings is 9. The third kappa shape index (κ3) is 5.66. The van der Waals surface area contributed by atoms with E-state index in [1.54, 1.807) is 0 Å². The van der Waals surface area contributed by atoms with E-state index in [0.29, 0.717) is 5.82 Å². The van der Waals surface area contributed by atoms with Crippen molar-refractivity contribution >= 4 is 53.4 Å². The van der Waals surface area contributed by atoms with E-state index in [1.807, 2.05) is 23.5 Å². The molecule has 13 rings (SSSR count). The van der Waals surface area contributed by atoms with E-state index >= 15 is 0 Å². The van der Waals surface area contributed by atoms with Crippen molar-refractivity contribution in [1.29, 1.82) is 0 Å². The van der Waals surface area contributed by atoms with Gasteiger partial charge >= 0.3 is 0 Å². The summed E-state index contributed by atoms with van der Waals surface area (Å²) in [5.41, 5.74) is 17.0. The van der Waals surface area contributed by atoms with Crippen molar-refractivity contribution in [2.24, 2.45) is 0 Å². The van der Waals surface area contributed by atoms with Crippen molar-refractivity contribution < 1.29 is 4.42 Å². The average molecular weight is 835 g/mol. The second-order valence-corrected chi connectivity index (χ2v) is 18.0. The molecule has 0 saturated heterocycles. The fourth-order valence-electron chi connectivity index (χ4n) is 10.2. The Kier molecular flexibility index (Phi) is 8.21. The Morgan fingerprint density at radius 3 is 1.86 bits per heavy atom. The highest BCUT2D eigenvalue weighted by Crippen LogP contribution is 2.53. The summed E-state index contributed by atoms with van der Waals surface area (Å²) in [5.74, 6) is 0.681. The molecule has 9 aromatic carbocycles. The summed E-state index contributed by atoms with van der Waals surface area (Å²) in [4.78, 5) is 10.8. The van der Waals surface area contributed by atoms with Crippen LogP contribution in [0.15, 0.2) is 217 Å². The van der Waals surface area contributed by atoms with Gasteiger partial charge in [0.2, 0.25) is 0 Å². The van der Waals surface area contributed by atoms with Crippen molar-refractivity contribution in [3.05, 3.63) is 229 Å². The molecule has 64 heavy (non-hydrogen) atoms. The summed E-state index contributed by atoms with van der Waals surface area (Å²) in [6, 6.07) is 76.3. The van der Waals surface area contributed by atoms with Crippen LogP contribution in [0.3, 0.4) is 0 Å². The summed E-state index contributed by atoms with van der Waals surface area (Å²) < 4.78 is 9.22. The van der Waals surface area contributed by atoms with Crippen molar-refractivity contribution in [2.45, 2.75) is 12.3 Å². The second-order valence-electron chi connectivity index (χ2n) is 17.0. The predicted octanol–water partition coefficient (Wildman–Crippen LogP) is 16.4. The molecule has 3 heterocycles. The number of para-hydroxylation sites is 2. The molecule has 0 spiro atoms. The normalized spacial score (nSPS) is 14.4. The molecular weight excluding hydrogens is 797 g/mol. The quantitative estimate of drug-likeness (QED) is 0.167. The van der Waals surface area contributed by atoms with Gasteiger partial charge in [-0.05, 0) is 93.9 Å². The molecule has 1 atom stereocenters. The van der Waals surface area contributed by atoms with E-state index < -0.39 is 0 Å². The Morgan fingerprint density at radius 1 is 0.406 bits per heavy atom. The number of fused-ring (bicyclic) bond motifs is 9. The molecule has 0 amide bonds. The van der Waals surface area contributed by atoms with Crippen LogP contribution < -0.4 is 0 Å². The lowest BCUT2D eigenvalue weighted by Gasteiger charge is -2.28. The highest BCUT2D eigenvalue weighted by atomic mass is 32.1. The molecule has 0 radical (unpaired) electrons. The molecular formula is C60H38N2OS. The monoisotopic (exact) mass is 834 g/mol. The van der Waals surface area contributed by atoms with Crippen LogP contribution in [0.2, 0.25) is 0 Å². The minimum atomic E-state index is -0.337. The Labute approximate surface area is 374 Å². The van der Waals surface area contributed by atoms with E-state index in [9.17, 15) is 0 Å². The van der Waals surface area contributed by atoms with Gasteiger partial charge in [-0.2, -0.15) is 0 Å². The minimum absolute atomic E-state index is 0.337. The molecule has 4 heteroatoms. The summed E-state index contributed by atoms with van der Waals surface area (Å²) in [6.45, 7) is 2.37. The Bertz CT molecular complexity index is 3680. The van der Waals surface area contributed by atoms with Crippen LogP contribution in [0.1, 0.15) is 23.6 Å².